The first-order valence-electron chi connectivity index (χ1n) is 7.85. The molecule has 1 heterocycles. The first kappa shape index (κ1) is 16.0. The largest absolute Gasteiger partial charge is 0.310 e. The molecule has 1 fully saturated rings. The van der Waals surface area contributed by atoms with Gasteiger partial charge >= 0.3 is 0 Å². The van der Waals surface area contributed by atoms with Gasteiger partial charge in [-0.1, -0.05) is 34.6 Å². The molecule has 1 aliphatic heterocycles. The number of nitrogens with one attached hydrogen (secondary N) is 1. The maximum atomic E-state index is 3.73. The minimum atomic E-state index is 0.314. The summed E-state index contributed by atoms with van der Waals surface area (Å²) < 4.78 is 0. The monoisotopic (exact) mass is 254 g/mol. The smallest absolute Gasteiger partial charge is 0.0277 e. The maximum Gasteiger partial charge on any atom is 0.0277 e. The lowest BCUT2D eigenvalue weighted by Crippen LogP contribution is -2.49. The minimum absolute atomic E-state index is 0.314. The van der Waals surface area contributed by atoms with Gasteiger partial charge in [0, 0.05) is 18.6 Å². The van der Waals surface area contributed by atoms with E-state index in [0.717, 1.165) is 17.8 Å². The summed E-state index contributed by atoms with van der Waals surface area (Å²) >= 11 is 0. The Hall–Kier alpha value is -0.0800. The molecule has 0 aliphatic carbocycles. The molecule has 0 bridgehead atoms. The molecule has 0 aromatic carbocycles. The van der Waals surface area contributed by atoms with Crippen LogP contribution in [0.3, 0.4) is 0 Å². The number of hydrogen-bond acceptors (Lipinski definition) is 2. The molecule has 0 saturated carbocycles. The Morgan fingerprint density at radius 1 is 1.17 bits per heavy atom. The summed E-state index contributed by atoms with van der Waals surface area (Å²) in [6.45, 7) is 19.1. The minimum Gasteiger partial charge on any atom is -0.310 e. The molecule has 1 atom stereocenters. The average Bonchev–Trinajstić information content (AvgIpc) is 2.48. The zero-order valence-corrected chi connectivity index (χ0v) is 13.4. The highest BCUT2D eigenvalue weighted by molar-refractivity contribution is 4.89. The van der Waals surface area contributed by atoms with Crippen LogP contribution in [0.25, 0.3) is 0 Å². The van der Waals surface area contributed by atoms with Crippen molar-refractivity contribution in [3.63, 3.8) is 0 Å². The van der Waals surface area contributed by atoms with Crippen LogP contribution in [-0.2, 0) is 0 Å². The Morgan fingerprint density at radius 2 is 1.78 bits per heavy atom. The summed E-state index contributed by atoms with van der Waals surface area (Å²) in [6, 6.07) is 0. The molecule has 1 unspecified atom stereocenters. The predicted molar refractivity (Wildman–Crippen MR) is 80.9 cm³/mol. The quantitative estimate of drug-likeness (QED) is 0.809. The van der Waals surface area contributed by atoms with Gasteiger partial charge < -0.3 is 10.2 Å². The third kappa shape index (κ3) is 4.55. The van der Waals surface area contributed by atoms with Crippen molar-refractivity contribution in [1.29, 1.82) is 0 Å². The van der Waals surface area contributed by atoms with E-state index < -0.39 is 0 Å². The van der Waals surface area contributed by atoms with Crippen molar-refractivity contribution in [2.24, 2.45) is 17.8 Å². The van der Waals surface area contributed by atoms with Crippen LogP contribution >= 0.6 is 0 Å². The summed E-state index contributed by atoms with van der Waals surface area (Å²) in [6.07, 6.45) is 2.51. The Bertz CT molecular complexity index is 229. The predicted octanol–water partition coefficient (Wildman–Crippen LogP) is 3.38. The van der Waals surface area contributed by atoms with Crippen molar-refractivity contribution in [3.05, 3.63) is 0 Å². The second-order valence-electron chi connectivity index (χ2n) is 7.08. The SMILES string of the molecule is CCC1(C)CN(CC(C(C)C)C(C)C)CCCN1. The van der Waals surface area contributed by atoms with Crippen molar-refractivity contribution in [2.75, 3.05) is 26.2 Å². The fraction of sp³-hybridized carbons (Fsp3) is 1.00. The van der Waals surface area contributed by atoms with Crippen LogP contribution in [-0.4, -0.2) is 36.6 Å². The average molecular weight is 254 g/mol. The highest BCUT2D eigenvalue weighted by Crippen LogP contribution is 2.24. The second kappa shape index (κ2) is 6.91. The fourth-order valence-corrected chi connectivity index (χ4v) is 3.20. The molecule has 1 rings (SSSR count). The maximum absolute atomic E-state index is 3.73. The van der Waals surface area contributed by atoms with Gasteiger partial charge in [0.25, 0.3) is 0 Å². The van der Waals surface area contributed by atoms with E-state index in [4.69, 9.17) is 0 Å². The molecule has 0 radical (unpaired) electrons. The lowest BCUT2D eigenvalue weighted by molar-refractivity contribution is 0.144. The van der Waals surface area contributed by atoms with Crippen molar-refractivity contribution >= 4 is 0 Å². The number of rotatable bonds is 5. The van der Waals surface area contributed by atoms with E-state index in [2.05, 4.69) is 51.8 Å². The summed E-state index contributed by atoms with van der Waals surface area (Å²) in [5.41, 5.74) is 0.314. The zero-order chi connectivity index (χ0) is 13.8. The zero-order valence-electron chi connectivity index (χ0n) is 13.4. The van der Waals surface area contributed by atoms with E-state index >= 15 is 0 Å². The van der Waals surface area contributed by atoms with E-state index in [-0.39, 0.29) is 0 Å². The lowest BCUT2D eigenvalue weighted by Gasteiger charge is -2.36. The van der Waals surface area contributed by atoms with Gasteiger partial charge in [-0.25, -0.2) is 0 Å². The van der Waals surface area contributed by atoms with Gasteiger partial charge in [-0.3, -0.25) is 0 Å². The van der Waals surface area contributed by atoms with Crippen LogP contribution in [0.2, 0.25) is 0 Å². The fourth-order valence-electron chi connectivity index (χ4n) is 3.20. The van der Waals surface area contributed by atoms with E-state index in [9.17, 15) is 0 Å². The van der Waals surface area contributed by atoms with Gasteiger partial charge in [-0.2, -0.15) is 0 Å². The normalized spacial score (nSPS) is 27.2. The molecule has 18 heavy (non-hydrogen) atoms. The van der Waals surface area contributed by atoms with E-state index in [1.54, 1.807) is 0 Å². The van der Waals surface area contributed by atoms with Gasteiger partial charge in [0.2, 0.25) is 0 Å². The molecule has 2 heteroatoms. The van der Waals surface area contributed by atoms with Crippen LogP contribution in [0.1, 0.15) is 54.4 Å². The molecular formula is C16H34N2. The van der Waals surface area contributed by atoms with E-state index in [0.29, 0.717) is 5.54 Å². The molecule has 0 amide bonds. The molecule has 108 valence electrons. The molecule has 0 aromatic rings. The number of hydrogen-bond donors (Lipinski definition) is 1. The van der Waals surface area contributed by atoms with Gasteiger partial charge in [-0.05, 0) is 50.6 Å². The standard InChI is InChI=1S/C16H34N2/c1-7-16(6)12-18(10-8-9-17-16)11-15(13(2)3)14(4)5/h13-15,17H,7-12H2,1-6H3. The highest BCUT2D eigenvalue weighted by Gasteiger charge is 2.29. The Balaban J connectivity index is 2.63. The Labute approximate surface area is 115 Å². The van der Waals surface area contributed by atoms with Crippen LogP contribution in [0.4, 0.5) is 0 Å². The summed E-state index contributed by atoms with van der Waals surface area (Å²) in [7, 11) is 0. The molecule has 1 saturated heterocycles. The third-order valence-corrected chi connectivity index (χ3v) is 4.74. The molecule has 0 aromatic heterocycles. The third-order valence-electron chi connectivity index (χ3n) is 4.74. The van der Waals surface area contributed by atoms with Crippen molar-refractivity contribution in [2.45, 2.75) is 59.9 Å². The van der Waals surface area contributed by atoms with E-state index in [1.165, 1.54) is 39.0 Å². The van der Waals surface area contributed by atoms with E-state index in [1.807, 2.05) is 0 Å². The summed E-state index contributed by atoms with van der Waals surface area (Å²) in [5, 5.41) is 3.73. The molecule has 1 N–H and O–H groups in total. The molecule has 0 spiro atoms. The van der Waals surface area contributed by atoms with Gasteiger partial charge in [0.1, 0.15) is 0 Å². The second-order valence-corrected chi connectivity index (χ2v) is 7.08. The van der Waals surface area contributed by atoms with Crippen LogP contribution < -0.4 is 5.32 Å². The molecule has 1 aliphatic rings. The first-order chi connectivity index (χ1) is 8.38. The van der Waals surface area contributed by atoms with Gasteiger partial charge in [-0.15, -0.1) is 0 Å². The van der Waals surface area contributed by atoms with Gasteiger partial charge in [0.15, 0.2) is 0 Å². The summed E-state index contributed by atoms with van der Waals surface area (Å²) in [4.78, 5) is 2.70. The molecular weight excluding hydrogens is 220 g/mol. The van der Waals surface area contributed by atoms with Crippen LogP contribution in [0.15, 0.2) is 0 Å². The number of nitrogens with zero attached hydrogens (tertiary/aromatic N) is 1. The van der Waals surface area contributed by atoms with Crippen LogP contribution in [0.5, 0.6) is 0 Å². The Kier molecular flexibility index (Phi) is 6.13. The van der Waals surface area contributed by atoms with Crippen molar-refractivity contribution < 1.29 is 0 Å². The van der Waals surface area contributed by atoms with Crippen molar-refractivity contribution in [1.82, 2.24) is 10.2 Å². The van der Waals surface area contributed by atoms with Gasteiger partial charge in [0.05, 0.1) is 0 Å². The topological polar surface area (TPSA) is 15.3 Å². The highest BCUT2D eigenvalue weighted by atomic mass is 15.2. The van der Waals surface area contributed by atoms with Crippen molar-refractivity contribution in [3.8, 4) is 0 Å². The first-order valence-corrected chi connectivity index (χ1v) is 7.85. The summed E-state index contributed by atoms with van der Waals surface area (Å²) in [5.74, 6) is 2.40. The van der Waals surface area contributed by atoms with Crippen LogP contribution in [0, 0.1) is 17.8 Å². The lowest BCUT2D eigenvalue weighted by atomic mass is 9.84. The Morgan fingerprint density at radius 3 is 2.28 bits per heavy atom. The molecule has 2 nitrogen and oxygen atoms in total.